The van der Waals surface area contributed by atoms with E-state index >= 15 is 0 Å². The molecule has 126 valence electrons. The van der Waals surface area contributed by atoms with E-state index in [1.54, 1.807) is 18.2 Å². The van der Waals surface area contributed by atoms with Gasteiger partial charge in [-0.05, 0) is 43.3 Å². The van der Waals surface area contributed by atoms with Crippen LogP contribution >= 0.6 is 0 Å². The van der Waals surface area contributed by atoms with Crippen molar-refractivity contribution in [1.29, 1.82) is 0 Å². The van der Waals surface area contributed by atoms with Gasteiger partial charge in [0.2, 0.25) is 0 Å². The lowest BCUT2D eigenvalue weighted by Crippen LogP contribution is -2.13. The smallest absolute Gasteiger partial charge is 0.274 e. The van der Waals surface area contributed by atoms with Crippen molar-refractivity contribution in [2.75, 3.05) is 10.6 Å². The van der Waals surface area contributed by atoms with Gasteiger partial charge >= 0.3 is 0 Å². The van der Waals surface area contributed by atoms with Gasteiger partial charge in [0.15, 0.2) is 0 Å². The van der Waals surface area contributed by atoms with E-state index in [2.05, 4.69) is 15.6 Å². The Morgan fingerprint density at radius 3 is 2.44 bits per heavy atom. The number of benzene rings is 2. The topological polar surface area (TPSA) is 54.0 Å². The fourth-order valence-electron chi connectivity index (χ4n) is 2.21. The molecule has 1 amide bonds. The van der Waals surface area contributed by atoms with E-state index < -0.39 is 11.6 Å². The maximum absolute atomic E-state index is 13.7. The van der Waals surface area contributed by atoms with Gasteiger partial charge in [0, 0.05) is 23.6 Å². The van der Waals surface area contributed by atoms with E-state index in [1.807, 2.05) is 19.1 Å². The number of rotatable bonds is 4. The SMILES string of the molecule is Cc1ccc(NC(=O)c2cc(Nc3ccc(F)cc3F)ccn2)cc1. The standard InChI is InChI=1S/C19H15F2N3O/c1-12-2-5-14(6-3-12)24-19(25)18-11-15(8-9-22-18)23-17-7-4-13(20)10-16(17)21/h2-11H,1H3,(H,22,23)(H,24,25). The molecular weight excluding hydrogens is 324 g/mol. The predicted molar refractivity (Wildman–Crippen MR) is 93.0 cm³/mol. The van der Waals surface area contributed by atoms with Crippen LogP contribution in [-0.2, 0) is 0 Å². The van der Waals surface area contributed by atoms with Crippen LogP contribution in [0, 0.1) is 18.6 Å². The Kier molecular flexibility index (Phi) is 4.70. The summed E-state index contributed by atoms with van der Waals surface area (Å²) in [5.41, 5.74) is 2.49. The minimum atomic E-state index is -0.720. The molecule has 0 bridgehead atoms. The lowest BCUT2D eigenvalue weighted by Gasteiger charge is -2.09. The number of hydrogen-bond donors (Lipinski definition) is 2. The average Bonchev–Trinajstić information content (AvgIpc) is 2.60. The summed E-state index contributed by atoms with van der Waals surface area (Å²) in [6.45, 7) is 1.96. The van der Waals surface area contributed by atoms with Gasteiger partial charge in [-0.2, -0.15) is 0 Å². The van der Waals surface area contributed by atoms with Crippen LogP contribution < -0.4 is 10.6 Å². The third-order valence-corrected chi connectivity index (χ3v) is 3.51. The fraction of sp³-hybridized carbons (Fsp3) is 0.0526. The summed E-state index contributed by atoms with van der Waals surface area (Å²) in [6, 6.07) is 13.7. The van der Waals surface area contributed by atoms with E-state index in [0.29, 0.717) is 11.4 Å². The molecule has 1 heterocycles. The van der Waals surface area contributed by atoms with Gasteiger partial charge in [-0.1, -0.05) is 17.7 Å². The van der Waals surface area contributed by atoms with Crippen molar-refractivity contribution in [3.05, 3.63) is 83.7 Å². The van der Waals surface area contributed by atoms with Crippen LogP contribution in [0.4, 0.5) is 25.8 Å². The predicted octanol–water partition coefficient (Wildman–Crippen LogP) is 4.66. The van der Waals surface area contributed by atoms with Crippen molar-refractivity contribution in [2.45, 2.75) is 6.92 Å². The molecular formula is C19H15F2N3O. The number of aryl methyl sites for hydroxylation is 1. The molecule has 0 radical (unpaired) electrons. The van der Waals surface area contributed by atoms with E-state index in [4.69, 9.17) is 0 Å². The first-order chi connectivity index (χ1) is 12.0. The summed E-state index contributed by atoms with van der Waals surface area (Å²) >= 11 is 0. The molecule has 0 fully saturated rings. The molecule has 4 nitrogen and oxygen atoms in total. The van der Waals surface area contributed by atoms with Gasteiger partial charge in [0.25, 0.3) is 5.91 Å². The Morgan fingerprint density at radius 1 is 0.960 bits per heavy atom. The largest absolute Gasteiger partial charge is 0.353 e. The quantitative estimate of drug-likeness (QED) is 0.727. The van der Waals surface area contributed by atoms with Gasteiger partial charge < -0.3 is 10.6 Å². The van der Waals surface area contributed by atoms with Crippen molar-refractivity contribution in [3.63, 3.8) is 0 Å². The summed E-state index contributed by atoms with van der Waals surface area (Å²) in [5, 5.41) is 5.55. The Morgan fingerprint density at radius 2 is 1.72 bits per heavy atom. The van der Waals surface area contributed by atoms with E-state index in [-0.39, 0.29) is 17.3 Å². The molecule has 6 heteroatoms. The van der Waals surface area contributed by atoms with Crippen LogP contribution in [0.3, 0.4) is 0 Å². The van der Waals surface area contributed by atoms with E-state index in [0.717, 1.165) is 17.7 Å². The third-order valence-electron chi connectivity index (χ3n) is 3.51. The summed E-state index contributed by atoms with van der Waals surface area (Å²) in [7, 11) is 0. The first-order valence-electron chi connectivity index (χ1n) is 7.57. The zero-order chi connectivity index (χ0) is 17.8. The molecule has 3 rings (SSSR count). The molecule has 2 N–H and O–H groups in total. The number of aromatic nitrogens is 1. The summed E-state index contributed by atoms with van der Waals surface area (Å²) in [5.74, 6) is -1.76. The normalized spacial score (nSPS) is 10.4. The zero-order valence-corrected chi connectivity index (χ0v) is 13.4. The lowest BCUT2D eigenvalue weighted by molar-refractivity contribution is 0.102. The lowest BCUT2D eigenvalue weighted by atomic mass is 10.2. The maximum atomic E-state index is 13.7. The molecule has 0 saturated carbocycles. The van der Waals surface area contributed by atoms with Crippen LogP contribution in [0.5, 0.6) is 0 Å². The van der Waals surface area contributed by atoms with Crippen molar-refractivity contribution < 1.29 is 13.6 Å². The molecule has 0 unspecified atom stereocenters. The molecule has 1 aromatic heterocycles. The van der Waals surface area contributed by atoms with Crippen LogP contribution in [0.15, 0.2) is 60.8 Å². The molecule has 0 aliphatic carbocycles. The number of nitrogens with one attached hydrogen (secondary N) is 2. The second kappa shape index (κ2) is 7.09. The maximum Gasteiger partial charge on any atom is 0.274 e. The van der Waals surface area contributed by atoms with Gasteiger partial charge in [-0.15, -0.1) is 0 Å². The van der Waals surface area contributed by atoms with Gasteiger partial charge in [0.05, 0.1) is 5.69 Å². The first-order valence-corrected chi connectivity index (χ1v) is 7.57. The number of pyridine rings is 1. The minimum absolute atomic E-state index is 0.109. The Bertz CT molecular complexity index is 911. The number of carbonyl (C=O) groups is 1. The Labute approximate surface area is 143 Å². The molecule has 2 aromatic carbocycles. The number of anilines is 3. The van der Waals surface area contributed by atoms with Crippen molar-refractivity contribution in [2.24, 2.45) is 0 Å². The third kappa shape index (κ3) is 4.17. The highest BCUT2D eigenvalue weighted by molar-refractivity contribution is 6.03. The molecule has 0 aliphatic rings. The van der Waals surface area contributed by atoms with Crippen LogP contribution in [0.2, 0.25) is 0 Å². The highest BCUT2D eigenvalue weighted by atomic mass is 19.1. The molecule has 25 heavy (non-hydrogen) atoms. The van der Waals surface area contributed by atoms with Crippen molar-refractivity contribution in [3.8, 4) is 0 Å². The summed E-state index contributed by atoms with van der Waals surface area (Å²) < 4.78 is 26.7. The second-order valence-corrected chi connectivity index (χ2v) is 5.50. The number of carbonyl (C=O) groups excluding carboxylic acids is 1. The highest BCUT2D eigenvalue weighted by Gasteiger charge is 2.10. The second-order valence-electron chi connectivity index (χ2n) is 5.50. The number of nitrogens with zero attached hydrogens (tertiary/aromatic N) is 1. The van der Waals surface area contributed by atoms with Gasteiger partial charge in [-0.25, -0.2) is 8.78 Å². The van der Waals surface area contributed by atoms with E-state index in [9.17, 15) is 13.6 Å². The van der Waals surface area contributed by atoms with Gasteiger partial charge in [-0.3, -0.25) is 9.78 Å². The van der Waals surface area contributed by atoms with Crippen molar-refractivity contribution >= 4 is 23.0 Å². The molecule has 0 atom stereocenters. The van der Waals surface area contributed by atoms with Crippen LogP contribution in [-0.4, -0.2) is 10.9 Å². The molecule has 0 aliphatic heterocycles. The first kappa shape index (κ1) is 16.6. The monoisotopic (exact) mass is 339 g/mol. The molecule has 0 saturated heterocycles. The Hall–Kier alpha value is -3.28. The highest BCUT2D eigenvalue weighted by Crippen LogP contribution is 2.21. The number of halogens is 2. The van der Waals surface area contributed by atoms with Crippen molar-refractivity contribution in [1.82, 2.24) is 4.98 Å². The van der Waals surface area contributed by atoms with E-state index in [1.165, 1.54) is 18.3 Å². The van der Waals surface area contributed by atoms with Gasteiger partial charge in [0.1, 0.15) is 17.3 Å². The van der Waals surface area contributed by atoms with Crippen LogP contribution in [0.1, 0.15) is 16.1 Å². The Balaban J connectivity index is 1.76. The molecule has 3 aromatic rings. The number of amides is 1. The zero-order valence-electron chi connectivity index (χ0n) is 13.4. The average molecular weight is 339 g/mol. The summed E-state index contributed by atoms with van der Waals surface area (Å²) in [4.78, 5) is 16.3. The minimum Gasteiger partial charge on any atom is -0.353 e. The number of hydrogen-bond acceptors (Lipinski definition) is 3. The molecule has 0 spiro atoms. The summed E-state index contributed by atoms with van der Waals surface area (Å²) in [6.07, 6.45) is 1.44. The van der Waals surface area contributed by atoms with Crippen LogP contribution in [0.25, 0.3) is 0 Å². The fourth-order valence-corrected chi connectivity index (χ4v) is 2.21.